The van der Waals surface area contributed by atoms with Gasteiger partial charge in [0.15, 0.2) is 0 Å². The Balaban J connectivity index is 0.000000336. The highest BCUT2D eigenvalue weighted by atomic mass is 35.5. The van der Waals surface area contributed by atoms with Crippen molar-refractivity contribution in [3.8, 4) is 0 Å². The van der Waals surface area contributed by atoms with E-state index in [9.17, 15) is 14.4 Å². The number of aliphatic carboxylic acids is 1. The maximum atomic E-state index is 12.3. The fourth-order valence-electron chi connectivity index (χ4n) is 3.98. The molecule has 4 rings (SSSR count). The van der Waals surface area contributed by atoms with Gasteiger partial charge in [0.2, 0.25) is 5.91 Å². The smallest absolute Gasteiger partial charge is 0.410 e. The van der Waals surface area contributed by atoms with E-state index in [4.69, 9.17) is 33.0 Å². The number of halogens is 2. The van der Waals surface area contributed by atoms with E-state index in [-0.39, 0.29) is 31.1 Å². The molecule has 0 atom stereocenters. The number of hydrogen-bond acceptors (Lipinski definition) is 8. The average Bonchev–Trinajstić information content (AvgIpc) is 3.62. The molecule has 1 saturated heterocycles. The van der Waals surface area contributed by atoms with Gasteiger partial charge in [-0.25, -0.2) is 4.79 Å². The minimum Gasteiger partial charge on any atom is -0.481 e. The van der Waals surface area contributed by atoms with Crippen LogP contribution in [0.3, 0.4) is 0 Å². The number of aromatic amines is 2. The summed E-state index contributed by atoms with van der Waals surface area (Å²) in [6.07, 6.45) is 7.77. The third-order valence-corrected chi connectivity index (χ3v) is 6.43. The van der Waals surface area contributed by atoms with Gasteiger partial charge in [0.25, 0.3) is 0 Å². The molecule has 40 heavy (non-hydrogen) atoms. The molecule has 1 aromatic carbocycles. The standard InChI is InChI=1S/C19H23Cl2N5O3.C6H9N3O2/c20-14-8-13(9-15(21)10-14)12-29-19(28)26-6-4-16(5-7-26)23-18(27)3-1-2-17-11-22-25-24-17;10-6(11)3-1-2-5-4-7-9-8-5/h8-11,16H,1-7,12H2,(H,23,27)(H,22,24,25);4H,1-3H2,(H,10,11)(H,7,8,9). The largest absolute Gasteiger partial charge is 0.481 e. The average molecular weight is 595 g/mol. The van der Waals surface area contributed by atoms with Gasteiger partial charge in [0, 0.05) is 54.4 Å². The molecule has 0 radical (unpaired) electrons. The van der Waals surface area contributed by atoms with E-state index in [1.165, 1.54) is 0 Å². The molecule has 0 bridgehead atoms. The van der Waals surface area contributed by atoms with Crippen LogP contribution >= 0.6 is 23.2 Å². The van der Waals surface area contributed by atoms with Crippen molar-refractivity contribution >= 4 is 41.2 Å². The third-order valence-electron chi connectivity index (χ3n) is 6.00. The van der Waals surface area contributed by atoms with Crippen molar-refractivity contribution < 1.29 is 24.2 Å². The zero-order valence-corrected chi connectivity index (χ0v) is 23.3. The van der Waals surface area contributed by atoms with E-state index in [0.29, 0.717) is 61.7 Å². The number of carbonyl (C=O) groups is 3. The minimum atomic E-state index is -0.770. The summed E-state index contributed by atoms with van der Waals surface area (Å²) in [6, 6.07) is 5.13. The first-order valence-electron chi connectivity index (χ1n) is 12.9. The number of carbonyl (C=O) groups excluding carboxylic acids is 2. The van der Waals surface area contributed by atoms with Crippen LogP contribution in [-0.2, 0) is 33.8 Å². The Bertz CT molecular complexity index is 1180. The summed E-state index contributed by atoms with van der Waals surface area (Å²) in [5.74, 6) is -0.749. The molecule has 0 spiro atoms. The predicted octanol–water partition coefficient (Wildman–Crippen LogP) is 3.56. The first-order valence-corrected chi connectivity index (χ1v) is 13.6. The fraction of sp³-hybridized carbons (Fsp3) is 0.480. The van der Waals surface area contributed by atoms with E-state index in [1.807, 2.05) is 0 Å². The van der Waals surface area contributed by atoms with Gasteiger partial charge in [-0.05, 0) is 62.3 Å². The summed E-state index contributed by atoms with van der Waals surface area (Å²) in [7, 11) is 0. The highest BCUT2D eigenvalue weighted by molar-refractivity contribution is 6.34. The fourth-order valence-corrected chi connectivity index (χ4v) is 4.55. The highest BCUT2D eigenvalue weighted by Crippen LogP contribution is 2.20. The highest BCUT2D eigenvalue weighted by Gasteiger charge is 2.24. The molecule has 3 aromatic rings. The van der Waals surface area contributed by atoms with Gasteiger partial charge in [-0.3, -0.25) is 19.8 Å². The topological polar surface area (TPSA) is 179 Å². The van der Waals surface area contributed by atoms with E-state index >= 15 is 0 Å². The summed E-state index contributed by atoms with van der Waals surface area (Å²) in [5, 5.41) is 32.3. The zero-order chi connectivity index (χ0) is 28.7. The van der Waals surface area contributed by atoms with Crippen LogP contribution in [-0.4, -0.2) is 77.9 Å². The van der Waals surface area contributed by atoms with Crippen molar-refractivity contribution in [2.75, 3.05) is 13.1 Å². The molecule has 4 N–H and O–H groups in total. The number of carboxylic acid groups (broad SMARTS) is 1. The van der Waals surface area contributed by atoms with E-state index in [1.54, 1.807) is 35.5 Å². The maximum Gasteiger partial charge on any atom is 0.410 e. The molecule has 2 aromatic heterocycles. The number of aromatic nitrogens is 6. The first-order chi connectivity index (χ1) is 19.3. The van der Waals surface area contributed by atoms with E-state index < -0.39 is 5.97 Å². The van der Waals surface area contributed by atoms with Crippen molar-refractivity contribution in [3.63, 3.8) is 0 Å². The molecule has 1 fully saturated rings. The number of carboxylic acids is 1. The van der Waals surface area contributed by atoms with Crippen LogP contribution in [0.25, 0.3) is 0 Å². The lowest BCUT2D eigenvalue weighted by Crippen LogP contribution is -2.46. The second kappa shape index (κ2) is 16.4. The van der Waals surface area contributed by atoms with Crippen LogP contribution < -0.4 is 5.32 Å². The summed E-state index contributed by atoms with van der Waals surface area (Å²) < 4.78 is 5.35. The SMILES string of the molecule is O=C(CCCc1c[nH]nn1)NC1CCN(C(=O)OCc2cc(Cl)cc(Cl)c2)CC1.O=C(O)CCCc1c[nH]nn1. The molecule has 3 heterocycles. The van der Waals surface area contributed by atoms with Crippen molar-refractivity contribution in [1.29, 1.82) is 0 Å². The van der Waals surface area contributed by atoms with Crippen LogP contribution in [0, 0.1) is 0 Å². The normalized spacial score (nSPS) is 13.3. The molecule has 15 heteroatoms. The Kier molecular flexibility index (Phi) is 12.6. The monoisotopic (exact) mass is 594 g/mol. The molecule has 0 unspecified atom stereocenters. The number of benzene rings is 1. The molecule has 0 saturated carbocycles. The van der Waals surface area contributed by atoms with Gasteiger partial charge < -0.3 is 20.1 Å². The molecule has 216 valence electrons. The lowest BCUT2D eigenvalue weighted by molar-refractivity contribution is -0.137. The number of H-pyrrole nitrogens is 2. The number of nitrogens with one attached hydrogen (secondary N) is 3. The number of rotatable bonds is 11. The maximum absolute atomic E-state index is 12.3. The number of nitrogens with zero attached hydrogens (tertiary/aromatic N) is 5. The Morgan fingerprint density at radius 2 is 1.52 bits per heavy atom. The summed E-state index contributed by atoms with van der Waals surface area (Å²) in [4.78, 5) is 36.1. The lowest BCUT2D eigenvalue weighted by atomic mass is 10.0. The van der Waals surface area contributed by atoms with E-state index in [2.05, 4.69) is 36.1 Å². The number of hydrogen-bond donors (Lipinski definition) is 4. The molecule has 1 aliphatic heterocycles. The van der Waals surface area contributed by atoms with Crippen molar-refractivity contribution in [3.05, 3.63) is 57.6 Å². The molecular formula is C25H32Cl2N8O5. The minimum absolute atomic E-state index is 0.0207. The third kappa shape index (κ3) is 11.6. The van der Waals surface area contributed by atoms with Crippen LogP contribution in [0.5, 0.6) is 0 Å². The van der Waals surface area contributed by atoms with Crippen LogP contribution in [0.2, 0.25) is 10.0 Å². The second-order valence-electron chi connectivity index (χ2n) is 9.19. The van der Waals surface area contributed by atoms with Gasteiger partial charge in [0.05, 0.1) is 11.4 Å². The van der Waals surface area contributed by atoms with Gasteiger partial charge in [-0.1, -0.05) is 33.6 Å². The van der Waals surface area contributed by atoms with Gasteiger partial charge in [-0.2, -0.15) is 0 Å². The van der Waals surface area contributed by atoms with Crippen molar-refractivity contribution in [2.45, 2.75) is 64.0 Å². The van der Waals surface area contributed by atoms with Gasteiger partial charge in [-0.15, -0.1) is 10.2 Å². The van der Waals surface area contributed by atoms with Gasteiger partial charge >= 0.3 is 12.1 Å². The Morgan fingerprint density at radius 3 is 2.05 bits per heavy atom. The Labute approximate surface area is 240 Å². The van der Waals surface area contributed by atoms with E-state index in [0.717, 1.165) is 23.4 Å². The molecule has 1 aliphatic rings. The summed E-state index contributed by atoms with van der Waals surface area (Å²) in [6.45, 7) is 1.19. The van der Waals surface area contributed by atoms with Crippen LogP contribution in [0.1, 0.15) is 55.5 Å². The van der Waals surface area contributed by atoms with Crippen molar-refractivity contribution in [1.82, 2.24) is 41.0 Å². The predicted molar refractivity (Wildman–Crippen MR) is 146 cm³/mol. The summed E-state index contributed by atoms with van der Waals surface area (Å²) >= 11 is 11.9. The number of likely N-dealkylation sites (tertiary alicyclic amines) is 1. The second-order valence-corrected chi connectivity index (χ2v) is 10.1. The Hall–Kier alpha value is -3.71. The summed E-state index contributed by atoms with van der Waals surface area (Å²) in [5.41, 5.74) is 2.40. The van der Waals surface area contributed by atoms with Crippen LogP contribution in [0.4, 0.5) is 4.79 Å². The molecule has 2 amide bonds. The zero-order valence-electron chi connectivity index (χ0n) is 21.8. The van der Waals surface area contributed by atoms with Crippen molar-refractivity contribution in [2.24, 2.45) is 0 Å². The Morgan fingerprint density at radius 1 is 0.950 bits per heavy atom. The molecule has 0 aliphatic carbocycles. The first kappa shape index (κ1) is 30.8. The number of piperidine rings is 1. The lowest BCUT2D eigenvalue weighted by Gasteiger charge is -2.31. The van der Waals surface area contributed by atoms with Gasteiger partial charge in [0.1, 0.15) is 6.61 Å². The quantitative estimate of drug-likeness (QED) is 0.258. The number of amides is 2. The number of ether oxygens (including phenoxy) is 1. The number of aryl methyl sites for hydroxylation is 2. The molecular weight excluding hydrogens is 563 g/mol. The molecule has 13 nitrogen and oxygen atoms in total. The van der Waals surface area contributed by atoms with Crippen LogP contribution in [0.15, 0.2) is 30.6 Å².